The summed E-state index contributed by atoms with van der Waals surface area (Å²) in [5, 5.41) is 8.79. The van der Waals surface area contributed by atoms with Crippen molar-refractivity contribution in [3.63, 3.8) is 0 Å². The Bertz CT molecular complexity index is 242. The van der Waals surface area contributed by atoms with E-state index >= 15 is 0 Å². The molecule has 0 heterocycles. The van der Waals surface area contributed by atoms with E-state index in [2.05, 4.69) is 0 Å². The van der Waals surface area contributed by atoms with Gasteiger partial charge >= 0.3 is 0 Å². The topological polar surface area (TPSA) is 83.6 Å². The zero-order valence-corrected chi connectivity index (χ0v) is 10.2. The van der Waals surface area contributed by atoms with E-state index in [9.17, 15) is 8.42 Å². The molecule has 0 saturated carbocycles. The zero-order chi connectivity index (χ0) is 11.7. The SMILES string of the molecule is CCCCN(CCO)S(=O)(=O)CCCN. The summed E-state index contributed by atoms with van der Waals surface area (Å²) in [6.45, 7) is 2.92. The molecule has 0 unspecified atom stereocenters. The van der Waals surface area contributed by atoms with Crippen LogP contribution in [0.25, 0.3) is 0 Å². The van der Waals surface area contributed by atoms with Crippen molar-refractivity contribution >= 4 is 10.0 Å². The van der Waals surface area contributed by atoms with Crippen LogP contribution in [0.2, 0.25) is 0 Å². The summed E-state index contributed by atoms with van der Waals surface area (Å²) in [4.78, 5) is 0. The van der Waals surface area contributed by atoms with E-state index in [-0.39, 0.29) is 18.9 Å². The van der Waals surface area contributed by atoms with Gasteiger partial charge in [0.2, 0.25) is 10.0 Å². The van der Waals surface area contributed by atoms with E-state index in [1.165, 1.54) is 4.31 Å². The van der Waals surface area contributed by atoms with E-state index in [0.29, 0.717) is 19.5 Å². The van der Waals surface area contributed by atoms with Crippen LogP contribution in [0.4, 0.5) is 0 Å². The molecule has 0 bridgehead atoms. The molecule has 0 atom stereocenters. The van der Waals surface area contributed by atoms with Crippen molar-refractivity contribution in [3.05, 3.63) is 0 Å². The Kier molecular flexibility index (Phi) is 7.95. The van der Waals surface area contributed by atoms with Crippen LogP contribution in [0, 0.1) is 0 Å². The highest BCUT2D eigenvalue weighted by Gasteiger charge is 2.19. The van der Waals surface area contributed by atoms with Crippen molar-refractivity contribution in [2.45, 2.75) is 26.2 Å². The third-order valence-electron chi connectivity index (χ3n) is 2.11. The molecule has 6 heteroatoms. The van der Waals surface area contributed by atoms with Gasteiger partial charge in [-0.2, -0.15) is 4.31 Å². The lowest BCUT2D eigenvalue weighted by Gasteiger charge is -2.20. The third kappa shape index (κ3) is 6.09. The molecule has 0 rings (SSSR count). The number of hydrogen-bond acceptors (Lipinski definition) is 4. The molecular formula is C9H22N2O3S. The smallest absolute Gasteiger partial charge is 0.214 e. The van der Waals surface area contributed by atoms with Crippen molar-refractivity contribution in [2.24, 2.45) is 5.73 Å². The maximum Gasteiger partial charge on any atom is 0.214 e. The number of aliphatic hydroxyl groups is 1. The van der Waals surface area contributed by atoms with Crippen molar-refractivity contribution in [3.8, 4) is 0 Å². The van der Waals surface area contributed by atoms with Crippen LogP contribution in [-0.2, 0) is 10.0 Å². The van der Waals surface area contributed by atoms with E-state index in [1.54, 1.807) is 0 Å². The fourth-order valence-electron chi connectivity index (χ4n) is 1.23. The lowest BCUT2D eigenvalue weighted by molar-refractivity contribution is 0.252. The molecule has 0 aromatic heterocycles. The first kappa shape index (κ1) is 14.8. The van der Waals surface area contributed by atoms with E-state index in [4.69, 9.17) is 10.8 Å². The van der Waals surface area contributed by atoms with Crippen LogP contribution in [0.3, 0.4) is 0 Å². The minimum atomic E-state index is -3.23. The van der Waals surface area contributed by atoms with Crippen molar-refractivity contribution in [2.75, 3.05) is 32.0 Å². The van der Waals surface area contributed by atoms with Gasteiger partial charge < -0.3 is 10.8 Å². The van der Waals surface area contributed by atoms with Crippen LogP contribution in [0.5, 0.6) is 0 Å². The molecule has 92 valence electrons. The molecule has 0 saturated heterocycles. The predicted octanol–water partition coefficient (Wildman–Crippen LogP) is -0.241. The number of unbranched alkanes of at least 4 members (excludes halogenated alkanes) is 1. The fraction of sp³-hybridized carbons (Fsp3) is 1.00. The molecule has 0 amide bonds. The molecule has 0 fully saturated rings. The minimum absolute atomic E-state index is 0.0766. The highest BCUT2D eigenvalue weighted by molar-refractivity contribution is 7.89. The van der Waals surface area contributed by atoms with Crippen molar-refractivity contribution in [1.82, 2.24) is 4.31 Å². The number of hydrogen-bond donors (Lipinski definition) is 2. The van der Waals surface area contributed by atoms with Crippen LogP contribution >= 0.6 is 0 Å². The summed E-state index contributed by atoms with van der Waals surface area (Å²) < 4.78 is 24.8. The molecule has 0 aliphatic rings. The van der Waals surface area contributed by atoms with Gasteiger partial charge in [0.1, 0.15) is 0 Å². The maximum absolute atomic E-state index is 11.7. The van der Waals surface area contributed by atoms with Gasteiger partial charge in [-0.05, 0) is 19.4 Å². The second-order valence-corrected chi connectivity index (χ2v) is 5.52. The molecule has 0 aromatic rings. The van der Waals surface area contributed by atoms with Crippen LogP contribution in [0.15, 0.2) is 0 Å². The normalized spacial score (nSPS) is 12.3. The summed E-state index contributed by atoms with van der Waals surface area (Å²) in [5.41, 5.74) is 5.28. The van der Waals surface area contributed by atoms with E-state index in [1.807, 2.05) is 6.92 Å². The highest BCUT2D eigenvalue weighted by atomic mass is 32.2. The Hall–Kier alpha value is -0.170. The van der Waals surface area contributed by atoms with Crippen LogP contribution in [-0.4, -0.2) is 49.8 Å². The highest BCUT2D eigenvalue weighted by Crippen LogP contribution is 2.05. The molecule has 15 heavy (non-hydrogen) atoms. The molecule has 0 spiro atoms. The Morgan fingerprint density at radius 3 is 2.40 bits per heavy atom. The second-order valence-electron chi connectivity index (χ2n) is 3.43. The Morgan fingerprint density at radius 1 is 1.27 bits per heavy atom. The molecule has 0 radical (unpaired) electrons. The molecule has 0 aromatic carbocycles. The van der Waals surface area contributed by atoms with Gasteiger partial charge in [0.05, 0.1) is 12.4 Å². The summed E-state index contributed by atoms with van der Waals surface area (Å²) in [7, 11) is -3.23. The van der Waals surface area contributed by atoms with Gasteiger partial charge in [-0.15, -0.1) is 0 Å². The quantitative estimate of drug-likeness (QED) is 0.580. The summed E-state index contributed by atoms with van der Waals surface area (Å²) in [5.74, 6) is 0.0766. The summed E-state index contributed by atoms with van der Waals surface area (Å²) in [6.07, 6.45) is 2.23. The first-order valence-electron chi connectivity index (χ1n) is 5.37. The number of nitrogens with two attached hydrogens (primary N) is 1. The first-order valence-corrected chi connectivity index (χ1v) is 6.98. The first-order chi connectivity index (χ1) is 7.08. The average molecular weight is 238 g/mol. The summed E-state index contributed by atoms with van der Waals surface area (Å²) >= 11 is 0. The number of aliphatic hydroxyl groups excluding tert-OH is 1. The number of nitrogens with zero attached hydrogens (tertiary/aromatic N) is 1. The molecule has 0 aliphatic carbocycles. The molecule has 5 nitrogen and oxygen atoms in total. The third-order valence-corrected chi connectivity index (χ3v) is 4.07. The second kappa shape index (κ2) is 8.04. The number of sulfonamides is 1. The standard InChI is InChI=1S/C9H22N2O3S/c1-2-3-6-11(7-8-12)15(13,14)9-4-5-10/h12H,2-10H2,1H3. The monoisotopic (exact) mass is 238 g/mol. The minimum Gasteiger partial charge on any atom is -0.395 e. The predicted molar refractivity (Wildman–Crippen MR) is 61.0 cm³/mol. The van der Waals surface area contributed by atoms with E-state index in [0.717, 1.165) is 12.8 Å². The average Bonchev–Trinajstić information content (AvgIpc) is 2.21. The van der Waals surface area contributed by atoms with Gasteiger partial charge in [-0.25, -0.2) is 8.42 Å². The van der Waals surface area contributed by atoms with Gasteiger partial charge in [0.25, 0.3) is 0 Å². The Labute approximate surface area is 92.3 Å². The molecule has 3 N–H and O–H groups in total. The zero-order valence-electron chi connectivity index (χ0n) is 9.35. The Balaban J connectivity index is 4.30. The maximum atomic E-state index is 11.7. The Morgan fingerprint density at radius 2 is 1.93 bits per heavy atom. The lowest BCUT2D eigenvalue weighted by atomic mass is 10.3. The van der Waals surface area contributed by atoms with Crippen molar-refractivity contribution in [1.29, 1.82) is 0 Å². The van der Waals surface area contributed by atoms with Crippen molar-refractivity contribution < 1.29 is 13.5 Å². The van der Waals surface area contributed by atoms with E-state index < -0.39 is 10.0 Å². The van der Waals surface area contributed by atoms with Gasteiger partial charge in [0.15, 0.2) is 0 Å². The van der Waals surface area contributed by atoms with Gasteiger partial charge in [0, 0.05) is 13.1 Å². The largest absolute Gasteiger partial charge is 0.395 e. The van der Waals surface area contributed by atoms with Crippen LogP contribution in [0.1, 0.15) is 26.2 Å². The molecule has 0 aliphatic heterocycles. The summed E-state index contributed by atoms with van der Waals surface area (Å²) in [6, 6.07) is 0. The molecular weight excluding hydrogens is 216 g/mol. The number of rotatable bonds is 9. The van der Waals surface area contributed by atoms with Gasteiger partial charge in [-0.3, -0.25) is 0 Å². The van der Waals surface area contributed by atoms with Crippen LogP contribution < -0.4 is 5.73 Å². The van der Waals surface area contributed by atoms with Gasteiger partial charge in [-0.1, -0.05) is 13.3 Å². The fourth-order valence-corrected chi connectivity index (χ4v) is 2.79. The lowest BCUT2D eigenvalue weighted by Crippen LogP contribution is -2.36.